The third-order valence-electron chi connectivity index (χ3n) is 2.82. The van der Waals surface area contributed by atoms with Crippen LogP contribution in [0.15, 0.2) is 24.8 Å². The average molecular weight is 221 g/mol. The summed E-state index contributed by atoms with van der Waals surface area (Å²) in [6.07, 6.45) is 20.9. The van der Waals surface area contributed by atoms with E-state index in [1.807, 2.05) is 6.08 Å². The van der Waals surface area contributed by atoms with Gasteiger partial charge in [-0.2, -0.15) is 0 Å². The first-order valence-electron chi connectivity index (χ1n) is 6.97. The smallest absolute Gasteiger partial charge is 0.0316 e. The Bertz CT molecular complexity index is 155. The zero-order valence-electron chi connectivity index (χ0n) is 10.9. The van der Waals surface area contributed by atoms with Gasteiger partial charge in [-0.15, -0.1) is 6.58 Å². The molecule has 0 bridgehead atoms. The Balaban J connectivity index is 2.98. The topological polar surface area (TPSA) is 0 Å². The number of hydrogen-bond acceptors (Lipinski definition) is 0. The van der Waals surface area contributed by atoms with E-state index in [0.717, 1.165) is 19.3 Å². The summed E-state index contributed by atoms with van der Waals surface area (Å²) in [6, 6.07) is 0. The van der Waals surface area contributed by atoms with Gasteiger partial charge < -0.3 is 0 Å². The van der Waals surface area contributed by atoms with E-state index < -0.39 is 0 Å². The van der Waals surface area contributed by atoms with E-state index in [0.29, 0.717) is 0 Å². The first-order valence-corrected chi connectivity index (χ1v) is 6.97. The van der Waals surface area contributed by atoms with Crippen molar-refractivity contribution in [1.82, 2.24) is 0 Å². The lowest BCUT2D eigenvalue weighted by molar-refractivity contribution is 0.583. The summed E-state index contributed by atoms with van der Waals surface area (Å²) in [6.45, 7) is 7.57. The van der Waals surface area contributed by atoms with Gasteiger partial charge in [0, 0.05) is 0 Å². The van der Waals surface area contributed by atoms with E-state index >= 15 is 0 Å². The van der Waals surface area contributed by atoms with Crippen LogP contribution in [0.3, 0.4) is 0 Å². The van der Waals surface area contributed by atoms with Crippen molar-refractivity contribution in [1.29, 1.82) is 0 Å². The van der Waals surface area contributed by atoms with Gasteiger partial charge in [0.1, 0.15) is 0 Å². The van der Waals surface area contributed by atoms with E-state index in [1.54, 1.807) is 0 Å². The Morgan fingerprint density at radius 3 is 1.81 bits per heavy atom. The fourth-order valence-electron chi connectivity index (χ4n) is 1.77. The first-order chi connectivity index (χ1) is 7.91. The molecule has 0 nitrogen and oxygen atoms in total. The van der Waals surface area contributed by atoms with Gasteiger partial charge in [-0.3, -0.25) is 0 Å². The molecular formula is C16H29. The molecule has 0 aromatic rings. The Morgan fingerprint density at radius 2 is 1.19 bits per heavy atom. The van der Waals surface area contributed by atoms with E-state index in [-0.39, 0.29) is 0 Å². The molecular weight excluding hydrogens is 192 g/mol. The fraction of sp³-hybridized carbons (Fsp3) is 0.688. The highest BCUT2D eigenvalue weighted by atomic mass is 14.0. The molecule has 16 heavy (non-hydrogen) atoms. The number of unbranched alkanes of at least 4 members (excludes halogenated alkanes) is 9. The van der Waals surface area contributed by atoms with Gasteiger partial charge in [0.2, 0.25) is 0 Å². The molecule has 0 aliphatic heterocycles. The van der Waals surface area contributed by atoms with Crippen LogP contribution in [-0.4, -0.2) is 0 Å². The molecule has 0 rings (SSSR count). The van der Waals surface area contributed by atoms with Crippen molar-refractivity contribution in [3.8, 4) is 0 Å². The van der Waals surface area contributed by atoms with E-state index in [2.05, 4.69) is 25.7 Å². The van der Waals surface area contributed by atoms with Gasteiger partial charge in [0.15, 0.2) is 0 Å². The first kappa shape index (κ1) is 15.5. The zero-order valence-corrected chi connectivity index (χ0v) is 10.9. The highest BCUT2D eigenvalue weighted by Gasteiger charge is 1.90. The second kappa shape index (κ2) is 14.5. The molecule has 1 radical (unpaired) electrons. The second-order valence-electron chi connectivity index (χ2n) is 4.45. The summed E-state index contributed by atoms with van der Waals surface area (Å²) in [7, 11) is 0. The van der Waals surface area contributed by atoms with Crippen LogP contribution in [0, 0.1) is 6.92 Å². The lowest BCUT2D eigenvalue weighted by Gasteiger charge is -1.99. The van der Waals surface area contributed by atoms with E-state index in [1.165, 1.54) is 51.4 Å². The van der Waals surface area contributed by atoms with Crippen LogP contribution in [0.2, 0.25) is 0 Å². The predicted octanol–water partition coefficient (Wildman–Crippen LogP) is 5.85. The van der Waals surface area contributed by atoms with Gasteiger partial charge in [0.05, 0.1) is 0 Å². The lowest BCUT2D eigenvalue weighted by Crippen LogP contribution is -1.80. The van der Waals surface area contributed by atoms with Gasteiger partial charge in [-0.1, -0.05) is 70.1 Å². The van der Waals surface area contributed by atoms with Crippen LogP contribution < -0.4 is 0 Å². The van der Waals surface area contributed by atoms with Crippen molar-refractivity contribution in [2.24, 2.45) is 0 Å². The quantitative estimate of drug-likeness (QED) is 0.286. The van der Waals surface area contributed by atoms with Crippen molar-refractivity contribution >= 4 is 0 Å². The van der Waals surface area contributed by atoms with Crippen molar-refractivity contribution in [3.63, 3.8) is 0 Å². The molecule has 0 saturated heterocycles. The predicted molar refractivity (Wildman–Crippen MR) is 75.5 cm³/mol. The Hall–Kier alpha value is -0.520. The molecule has 0 saturated carbocycles. The molecule has 0 heterocycles. The summed E-state index contributed by atoms with van der Waals surface area (Å²) in [5.74, 6) is 0. The summed E-state index contributed by atoms with van der Waals surface area (Å²) in [5, 5.41) is 0. The van der Waals surface area contributed by atoms with E-state index in [9.17, 15) is 0 Å². The monoisotopic (exact) mass is 221 g/mol. The highest BCUT2D eigenvalue weighted by Crippen LogP contribution is 2.09. The molecule has 0 aromatic heterocycles. The highest BCUT2D eigenvalue weighted by molar-refractivity contribution is 4.84. The lowest BCUT2D eigenvalue weighted by atomic mass is 10.1. The standard InChI is InChI=1S/C16H29/c1-3-5-7-9-11-13-15-16-14-12-10-8-6-4-2/h3,9,11H,1-2,4-8,10,12-16H2. The molecule has 0 aliphatic rings. The van der Waals surface area contributed by atoms with Crippen LogP contribution in [0.25, 0.3) is 0 Å². The largest absolute Gasteiger partial charge is 0.103 e. The second-order valence-corrected chi connectivity index (χ2v) is 4.45. The minimum absolute atomic E-state index is 1.11. The molecule has 0 heteroatoms. The van der Waals surface area contributed by atoms with Crippen molar-refractivity contribution in [3.05, 3.63) is 31.7 Å². The summed E-state index contributed by atoms with van der Waals surface area (Å²) in [4.78, 5) is 0. The van der Waals surface area contributed by atoms with Crippen LogP contribution in [0.5, 0.6) is 0 Å². The third-order valence-corrected chi connectivity index (χ3v) is 2.82. The molecule has 0 unspecified atom stereocenters. The Kier molecular flexibility index (Phi) is 14.0. The van der Waals surface area contributed by atoms with Crippen LogP contribution >= 0.6 is 0 Å². The van der Waals surface area contributed by atoms with E-state index in [4.69, 9.17) is 0 Å². The summed E-state index contributed by atoms with van der Waals surface area (Å²) >= 11 is 0. The van der Waals surface area contributed by atoms with Crippen LogP contribution in [0.4, 0.5) is 0 Å². The Labute approximate surface area is 103 Å². The number of rotatable bonds is 12. The van der Waals surface area contributed by atoms with Crippen molar-refractivity contribution in [2.45, 2.75) is 70.6 Å². The minimum atomic E-state index is 1.11. The SMILES string of the molecule is [CH2]CCCCCCCCCC=CCCC=C. The molecule has 0 aliphatic carbocycles. The van der Waals surface area contributed by atoms with Crippen LogP contribution in [-0.2, 0) is 0 Å². The summed E-state index contributed by atoms with van der Waals surface area (Å²) in [5.41, 5.74) is 0. The van der Waals surface area contributed by atoms with Gasteiger partial charge in [-0.25, -0.2) is 0 Å². The molecule has 0 amide bonds. The van der Waals surface area contributed by atoms with Crippen molar-refractivity contribution in [2.75, 3.05) is 0 Å². The maximum Gasteiger partial charge on any atom is -0.0316 e. The molecule has 0 spiro atoms. The normalized spacial score (nSPS) is 11.1. The van der Waals surface area contributed by atoms with Gasteiger partial charge in [-0.05, 0) is 25.7 Å². The summed E-state index contributed by atoms with van der Waals surface area (Å²) < 4.78 is 0. The third kappa shape index (κ3) is 13.5. The maximum atomic E-state index is 3.86. The maximum absolute atomic E-state index is 3.86. The molecule has 0 aromatic carbocycles. The van der Waals surface area contributed by atoms with Crippen molar-refractivity contribution < 1.29 is 0 Å². The Morgan fingerprint density at radius 1 is 0.625 bits per heavy atom. The minimum Gasteiger partial charge on any atom is -0.103 e. The zero-order chi connectivity index (χ0) is 11.9. The fourth-order valence-corrected chi connectivity index (χ4v) is 1.77. The van der Waals surface area contributed by atoms with Gasteiger partial charge in [0.25, 0.3) is 0 Å². The molecule has 0 atom stereocenters. The molecule has 0 fully saturated rings. The van der Waals surface area contributed by atoms with Crippen LogP contribution in [0.1, 0.15) is 70.6 Å². The molecule has 93 valence electrons. The van der Waals surface area contributed by atoms with Gasteiger partial charge >= 0.3 is 0 Å². The number of hydrogen-bond donors (Lipinski definition) is 0. The molecule has 0 N–H and O–H groups in total. The average Bonchev–Trinajstić information content (AvgIpc) is 2.31. The number of allylic oxidation sites excluding steroid dienone is 3.